The van der Waals surface area contributed by atoms with E-state index in [9.17, 15) is 19.8 Å². The number of likely N-dealkylation sites (N-methyl/N-ethyl adjacent to an activating group) is 1. The lowest BCUT2D eigenvalue weighted by Crippen LogP contribution is -2.39. The number of aliphatic hydroxyl groups is 1. The molecule has 3 aromatic carbocycles. The normalized spacial score (nSPS) is 16.2. The Bertz CT molecular complexity index is 1940. The van der Waals surface area contributed by atoms with Crippen LogP contribution in [0, 0.1) is 5.82 Å². The number of carboxylic acid groups (broad SMARTS) is 1. The van der Waals surface area contributed by atoms with Crippen LogP contribution in [0.15, 0.2) is 42.5 Å². The van der Waals surface area contributed by atoms with E-state index in [0.717, 1.165) is 46.6 Å². The summed E-state index contributed by atoms with van der Waals surface area (Å²) in [5.74, 6) is -2.43. The van der Waals surface area contributed by atoms with Crippen molar-refractivity contribution in [2.24, 2.45) is 7.05 Å². The Kier molecular flexibility index (Phi) is 10.1. The molecule has 11 nitrogen and oxygen atoms in total. The maximum absolute atomic E-state index is 15.8. The first kappa shape index (κ1) is 34.7. The third-order valence-corrected chi connectivity index (χ3v) is 9.78. The summed E-state index contributed by atoms with van der Waals surface area (Å²) in [6, 6.07) is 11.4. The van der Waals surface area contributed by atoms with Crippen molar-refractivity contribution < 1.29 is 33.7 Å². The molecule has 0 saturated carbocycles. The number of nitrogens with one attached hydrogen (secondary N) is 2. The summed E-state index contributed by atoms with van der Waals surface area (Å²) in [6.45, 7) is 0.825. The molecule has 4 aromatic rings. The van der Waals surface area contributed by atoms with Crippen LogP contribution in [0.3, 0.4) is 0 Å². The van der Waals surface area contributed by atoms with E-state index in [1.807, 2.05) is 49.0 Å². The van der Waals surface area contributed by atoms with Crippen LogP contribution in [0.4, 0.5) is 10.1 Å². The lowest BCUT2D eigenvalue weighted by molar-refractivity contribution is -0.140. The molecular weight excluding hydrogens is 676 g/mol. The van der Waals surface area contributed by atoms with E-state index in [1.54, 1.807) is 6.07 Å². The number of aliphatic hydroxyl groups excluding tert-OH is 1. The van der Waals surface area contributed by atoms with Crippen LogP contribution < -0.4 is 20.1 Å². The number of carbonyl (C=O) groups excluding carboxylic acids is 1. The molecule has 1 amide bonds. The summed E-state index contributed by atoms with van der Waals surface area (Å²) in [7, 11) is 5.17. The van der Waals surface area contributed by atoms with Crippen molar-refractivity contribution in [3.05, 3.63) is 92.2 Å². The quantitative estimate of drug-likeness (QED) is 0.162. The Labute approximate surface area is 292 Å². The number of anilines is 1. The van der Waals surface area contributed by atoms with Crippen molar-refractivity contribution in [1.29, 1.82) is 0 Å². The van der Waals surface area contributed by atoms with E-state index in [1.165, 1.54) is 13.2 Å². The summed E-state index contributed by atoms with van der Waals surface area (Å²) in [4.78, 5) is 31.5. The second-order valence-electron chi connectivity index (χ2n) is 12.2. The van der Waals surface area contributed by atoms with Gasteiger partial charge in [-0.25, -0.2) is 4.98 Å². The lowest BCUT2D eigenvalue weighted by Gasteiger charge is -2.21. The number of amides is 1. The zero-order valence-electron chi connectivity index (χ0n) is 27.1. The minimum absolute atomic E-state index is 0.0114. The van der Waals surface area contributed by atoms with Crippen LogP contribution in [0.25, 0.3) is 11.1 Å². The molecule has 2 heterocycles. The fourth-order valence-electron chi connectivity index (χ4n) is 6.57. The Hall–Kier alpha value is -4.20. The van der Waals surface area contributed by atoms with Gasteiger partial charge >= 0.3 is 5.97 Å². The number of nitrogens with zero attached hydrogens (tertiary/aromatic N) is 3. The number of hydrogen-bond donors (Lipinski definition) is 4. The number of rotatable bonds is 11. The van der Waals surface area contributed by atoms with Gasteiger partial charge in [0.25, 0.3) is 5.91 Å². The molecule has 4 N–H and O–H groups in total. The number of carboxylic acids is 1. The van der Waals surface area contributed by atoms with Crippen molar-refractivity contribution in [2.45, 2.75) is 44.5 Å². The predicted octanol–water partition coefficient (Wildman–Crippen LogP) is 5.38. The van der Waals surface area contributed by atoms with Gasteiger partial charge in [0.1, 0.15) is 12.1 Å². The molecule has 2 atom stereocenters. The number of ether oxygens (including phenoxy) is 2. The van der Waals surface area contributed by atoms with Gasteiger partial charge in [-0.15, -0.1) is 0 Å². The number of halogens is 3. The fraction of sp³-hybridized carbons (Fsp3) is 0.343. The van der Waals surface area contributed by atoms with Gasteiger partial charge < -0.3 is 34.5 Å². The monoisotopic (exact) mass is 711 g/mol. The number of carbonyl (C=O) groups is 2. The molecule has 258 valence electrons. The highest BCUT2D eigenvalue weighted by atomic mass is 35.5. The third-order valence-electron chi connectivity index (χ3n) is 9.09. The fourth-order valence-corrected chi connectivity index (χ4v) is 7.10. The summed E-state index contributed by atoms with van der Waals surface area (Å²) in [5.41, 5.74) is 6.09. The first-order valence-electron chi connectivity index (χ1n) is 15.8. The summed E-state index contributed by atoms with van der Waals surface area (Å²) < 4.78 is 29.1. The lowest BCUT2D eigenvalue weighted by atomic mass is 9.96. The van der Waals surface area contributed by atoms with Crippen LogP contribution in [0.5, 0.6) is 11.5 Å². The van der Waals surface area contributed by atoms with Crippen LogP contribution in [-0.2, 0) is 37.8 Å². The number of benzene rings is 3. The van der Waals surface area contributed by atoms with Gasteiger partial charge in [-0.05, 0) is 48.7 Å². The van der Waals surface area contributed by atoms with Gasteiger partial charge in [-0.2, -0.15) is 4.39 Å². The van der Waals surface area contributed by atoms with Crippen LogP contribution in [-0.4, -0.2) is 69.9 Å². The van der Waals surface area contributed by atoms with Crippen LogP contribution >= 0.6 is 23.2 Å². The minimum atomic E-state index is -1.25. The second kappa shape index (κ2) is 14.3. The molecule has 2 unspecified atom stereocenters. The largest absolute Gasteiger partial charge is 0.493 e. The van der Waals surface area contributed by atoms with Gasteiger partial charge in [-0.3, -0.25) is 14.9 Å². The zero-order valence-corrected chi connectivity index (χ0v) is 28.7. The minimum Gasteiger partial charge on any atom is -0.493 e. The van der Waals surface area contributed by atoms with Crippen molar-refractivity contribution in [2.75, 3.05) is 32.6 Å². The first-order valence-corrected chi connectivity index (χ1v) is 16.5. The molecule has 0 fully saturated rings. The van der Waals surface area contributed by atoms with Gasteiger partial charge in [0.2, 0.25) is 5.82 Å². The van der Waals surface area contributed by atoms with Gasteiger partial charge in [0.15, 0.2) is 17.3 Å². The number of fused-ring (bicyclic) bond motifs is 2. The summed E-state index contributed by atoms with van der Waals surface area (Å²) in [6.07, 6.45) is 1.44. The number of imidazole rings is 1. The number of aromatic nitrogens is 2. The summed E-state index contributed by atoms with van der Waals surface area (Å²) in [5, 5.41) is 24.5. The zero-order chi connectivity index (χ0) is 35.0. The smallest absolute Gasteiger partial charge is 0.323 e. The number of methoxy groups -OCH3 is 1. The predicted molar refractivity (Wildman–Crippen MR) is 183 cm³/mol. The summed E-state index contributed by atoms with van der Waals surface area (Å²) >= 11 is 13.5. The number of aliphatic carboxylic acids is 1. The van der Waals surface area contributed by atoms with Gasteiger partial charge in [-0.1, -0.05) is 53.5 Å². The average molecular weight is 713 g/mol. The third kappa shape index (κ3) is 6.71. The Morgan fingerprint density at radius 3 is 2.61 bits per heavy atom. The van der Waals surface area contributed by atoms with E-state index in [2.05, 4.69) is 20.5 Å². The van der Waals surface area contributed by atoms with Crippen molar-refractivity contribution in [3.8, 4) is 22.6 Å². The van der Waals surface area contributed by atoms with E-state index in [-0.39, 0.29) is 34.5 Å². The van der Waals surface area contributed by atoms with E-state index in [0.29, 0.717) is 35.9 Å². The number of hydrogen-bond acceptors (Lipinski definition) is 8. The van der Waals surface area contributed by atoms with Gasteiger partial charge in [0, 0.05) is 49.9 Å². The second-order valence-corrected chi connectivity index (χ2v) is 12.9. The highest BCUT2D eigenvalue weighted by molar-refractivity contribution is 6.36. The Balaban J connectivity index is 1.24. The molecule has 6 rings (SSSR count). The molecule has 2 aliphatic rings. The SMILES string of the molecule is COc1c(CNC(CO)C(=O)O)cc(Cl)c(OC2CCc3c(-c4cccc(NC(=O)c5nc6c(n5C)CCN(C)C6)c4Cl)cccc32)c1F. The van der Waals surface area contributed by atoms with Crippen LogP contribution in [0.1, 0.15) is 51.2 Å². The Morgan fingerprint density at radius 1 is 1.12 bits per heavy atom. The van der Waals surface area contributed by atoms with E-state index < -0.39 is 30.5 Å². The maximum atomic E-state index is 15.8. The Morgan fingerprint density at radius 2 is 1.88 bits per heavy atom. The molecule has 1 aliphatic heterocycles. The molecule has 1 aliphatic carbocycles. The van der Waals surface area contributed by atoms with Gasteiger partial charge in [0.05, 0.1) is 35.1 Å². The topological polar surface area (TPSA) is 138 Å². The molecular formula is C35H36Cl2FN5O6. The molecule has 0 radical (unpaired) electrons. The van der Waals surface area contributed by atoms with E-state index in [4.69, 9.17) is 32.7 Å². The first-order chi connectivity index (χ1) is 23.5. The molecule has 0 saturated heterocycles. The molecule has 1 aromatic heterocycles. The average Bonchev–Trinajstić information content (AvgIpc) is 3.64. The molecule has 49 heavy (non-hydrogen) atoms. The van der Waals surface area contributed by atoms with Crippen molar-refractivity contribution in [1.82, 2.24) is 19.8 Å². The van der Waals surface area contributed by atoms with Crippen LogP contribution in [0.2, 0.25) is 10.0 Å². The standard InChI is InChI=1S/C35H36Cl2FN5O6/c1-42-13-12-27-25(16-42)40-33(43(27)2)34(45)41-24-9-5-8-22(29(24)37)19-6-4-7-21-20(19)10-11-28(21)49-32-23(36)14-18(31(48-3)30(32)38)15-39-26(17-44)35(46)47/h4-9,14,26,28,39,44H,10-13,15-17H2,1-3H3,(H,41,45)(H,46,47). The van der Waals surface area contributed by atoms with Crippen molar-refractivity contribution in [3.63, 3.8) is 0 Å². The van der Waals surface area contributed by atoms with Crippen molar-refractivity contribution >= 4 is 40.8 Å². The molecule has 0 bridgehead atoms. The highest BCUT2D eigenvalue weighted by Gasteiger charge is 2.31. The molecule has 0 spiro atoms. The van der Waals surface area contributed by atoms with E-state index >= 15 is 4.39 Å². The highest BCUT2D eigenvalue weighted by Crippen LogP contribution is 2.46. The maximum Gasteiger partial charge on any atom is 0.323 e. The molecule has 14 heteroatoms.